The SMILES string of the molecule is CN(C)C(=NCCc1ccc2ccccc2c1)N(C)C. The quantitative estimate of drug-likeness (QED) is 0.630. The van der Waals surface area contributed by atoms with Gasteiger partial charge in [0.1, 0.15) is 0 Å². The van der Waals surface area contributed by atoms with E-state index < -0.39 is 0 Å². The van der Waals surface area contributed by atoms with E-state index in [0.29, 0.717) is 0 Å². The van der Waals surface area contributed by atoms with Gasteiger partial charge in [-0.1, -0.05) is 42.5 Å². The van der Waals surface area contributed by atoms with Crippen molar-refractivity contribution in [3.05, 3.63) is 48.0 Å². The molecule has 20 heavy (non-hydrogen) atoms. The lowest BCUT2D eigenvalue weighted by molar-refractivity contribution is 0.479. The summed E-state index contributed by atoms with van der Waals surface area (Å²) in [6.45, 7) is 0.810. The molecule has 0 aliphatic heterocycles. The first kappa shape index (κ1) is 14.4. The molecule has 0 unspecified atom stereocenters. The zero-order chi connectivity index (χ0) is 14.5. The van der Waals surface area contributed by atoms with Crippen molar-refractivity contribution in [3.63, 3.8) is 0 Å². The van der Waals surface area contributed by atoms with E-state index in [0.717, 1.165) is 18.9 Å². The molecular formula is C17H23N3. The number of hydrogen-bond donors (Lipinski definition) is 0. The fourth-order valence-electron chi connectivity index (χ4n) is 2.36. The van der Waals surface area contributed by atoms with E-state index in [1.54, 1.807) is 0 Å². The van der Waals surface area contributed by atoms with Crippen LogP contribution < -0.4 is 0 Å². The average molecular weight is 269 g/mol. The topological polar surface area (TPSA) is 18.8 Å². The third kappa shape index (κ3) is 3.50. The molecule has 0 saturated carbocycles. The lowest BCUT2D eigenvalue weighted by Crippen LogP contribution is -2.35. The summed E-state index contributed by atoms with van der Waals surface area (Å²) in [5.41, 5.74) is 1.34. The second-order valence-corrected chi connectivity index (χ2v) is 5.40. The lowest BCUT2D eigenvalue weighted by Gasteiger charge is -2.22. The van der Waals surface area contributed by atoms with Crippen LogP contribution in [-0.4, -0.2) is 50.5 Å². The minimum atomic E-state index is 0.810. The average Bonchev–Trinajstić information content (AvgIpc) is 2.42. The van der Waals surface area contributed by atoms with Gasteiger partial charge in [0, 0.05) is 34.7 Å². The van der Waals surface area contributed by atoms with E-state index in [-0.39, 0.29) is 0 Å². The van der Waals surface area contributed by atoms with Gasteiger partial charge in [-0.3, -0.25) is 4.99 Å². The van der Waals surface area contributed by atoms with E-state index in [1.807, 2.05) is 38.0 Å². The monoisotopic (exact) mass is 269 g/mol. The van der Waals surface area contributed by atoms with E-state index in [2.05, 4.69) is 47.5 Å². The van der Waals surface area contributed by atoms with Crippen molar-refractivity contribution in [3.8, 4) is 0 Å². The van der Waals surface area contributed by atoms with E-state index in [9.17, 15) is 0 Å². The largest absolute Gasteiger partial charge is 0.349 e. The van der Waals surface area contributed by atoms with Gasteiger partial charge in [0.15, 0.2) is 5.96 Å². The van der Waals surface area contributed by atoms with Gasteiger partial charge >= 0.3 is 0 Å². The molecule has 0 atom stereocenters. The van der Waals surface area contributed by atoms with Gasteiger partial charge < -0.3 is 9.80 Å². The molecule has 0 saturated heterocycles. The predicted molar refractivity (Wildman–Crippen MR) is 87.3 cm³/mol. The molecule has 3 heteroatoms. The maximum absolute atomic E-state index is 4.67. The molecule has 0 aromatic heterocycles. The number of aliphatic imine (C=N–C) groups is 1. The Morgan fingerprint density at radius 1 is 0.900 bits per heavy atom. The van der Waals surface area contributed by atoms with Crippen LogP contribution in [0, 0.1) is 0 Å². The maximum atomic E-state index is 4.67. The molecule has 0 aliphatic rings. The number of fused-ring (bicyclic) bond motifs is 1. The van der Waals surface area contributed by atoms with Crippen molar-refractivity contribution in [2.45, 2.75) is 6.42 Å². The van der Waals surface area contributed by atoms with Crippen LogP contribution in [0.15, 0.2) is 47.5 Å². The van der Waals surface area contributed by atoms with Crippen LogP contribution in [0.25, 0.3) is 10.8 Å². The van der Waals surface area contributed by atoms with Crippen molar-refractivity contribution in [2.75, 3.05) is 34.7 Å². The Hall–Kier alpha value is -2.03. The molecule has 0 amide bonds. The number of nitrogens with zero attached hydrogens (tertiary/aromatic N) is 3. The molecule has 106 valence electrons. The fourth-order valence-corrected chi connectivity index (χ4v) is 2.36. The highest BCUT2D eigenvalue weighted by atomic mass is 15.3. The first-order chi connectivity index (χ1) is 9.58. The van der Waals surface area contributed by atoms with Crippen molar-refractivity contribution >= 4 is 16.7 Å². The maximum Gasteiger partial charge on any atom is 0.195 e. The highest BCUT2D eigenvalue weighted by Crippen LogP contribution is 2.15. The smallest absolute Gasteiger partial charge is 0.195 e. The molecule has 0 bridgehead atoms. The van der Waals surface area contributed by atoms with Crippen LogP contribution in [-0.2, 0) is 6.42 Å². The van der Waals surface area contributed by atoms with Gasteiger partial charge in [-0.05, 0) is 22.8 Å². The number of hydrogen-bond acceptors (Lipinski definition) is 1. The Balaban J connectivity index is 2.07. The van der Waals surface area contributed by atoms with Gasteiger partial charge in [-0.25, -0.2) is 0 Å². The molecule has 0 spiro atoms. The zero-order valence-corrected chi connectivity index (χ0v) is 12.8. The highest BCUT2D eigenvalue weighted by Gasteiger charge is 2.03. The molecule has 0 N–H and O–H groups in total. The first-order valence-electron chi connectivity index (χ1n) is 6.94. The van der Waals surface area contributed by atoms with Crippen LogP contribution in [0.3, 0.4) is 0 Å². The molecular weight excluding hydrogens is 246 g/mol. The summed E-state index contributed by atoms with van der Waals surface area (Å²) in [7, 11) is 8.09. The standard InChI is InChI=1S/C17H23N3/c1-19(2)17(20(3)4)18-12-11-14-9-10-15-7-5-6-8-16(15)13-14/h5-10,13H,11-12H2,1-4H3. The summed E-state index contributed by atoms with van der Waals surface area (Å²) in [6, 6.07) is 15.1. The molecule has 2 rings (SSSR count). The second-order valence-electron chi connectivity index (χ2n) is 5.40. The molecule has 0 fully saturated rings. The van der Waals surface area contributed by atoms with E-state index in [4.69, 9.17) is 0 Å². The summed E-state index contributed by atoms with van der Waals surface area (Å²) in [5.74, 6) is 1.01. The number of guanidine groups is 1. The summed E-state index contributed by atoms with van der Waals surface area (Å²) < 4.78 is 0. The second kappa shape index (κ2) is 6.42. The van der Waals surface area contributed by atoms with Gasteiger partial charge in [0.25, 0.3) is 0 Å². The lowest BCUT2D eigenvalue weighted by atomic mass is 10.1. The normalized spacial score (nSPS) is 10.4. The van der Waals surface area contributed by atoms with Crippen LogP contribution >= 0.6 is 0 Å². The molecule has 3 nitrogen and oxygen atoms in total. The molecule has 0 heterocycles. The summed E-state index contributed by atoms with van der Waals surface area (Å²) >= 11 is 0. The summed E-state index contributed by atoms with van der Waals surface area (Å²) in [6.07, 6.45) is 0.968. The Morgan fingerprint density at radius 3 is 2.20 bits per heavy atom. The third-order valence-electron chi connectivity index (χ3n) is 3.27. The Kier molecular flexibility index (Phi) is 4.61. The predicted octanol–water partition coefficient (Wildman–Crippen LogP) is 2.86. The van der Waals surface area contributed by atoms with Crippen LogP contribution in [0.2, 0.25) is 0 Å². The summed E-state index contributed by atoms with van der Waals surface area (Å²) in [5, 5.41) is 2.59. The van der Waals surface area contributed by atoms with Gasteiger partial charge in [0.2, 0.25) is 0 Å². The Morgan fingerprint density at radius 2 is 1.55 bits per heavy atom. The Labute approximate surface area is 121 Å². The van der Waals surface area contributed by atoms with Gasteiger partial charge in [0.05, 0.1) is 0 Å². The van der Waals surface area contributed by atoms with E-state index >= 15 is 0 Å². The zero-order valence-electron chi connectivity index (χ0n) is 12.8. The minimum Gasteiger partial charge on any atom is -0.349 e. The van der Waals surface area contributed by atoms with Crippen molar-refractivity contribution in [1.29, 1.82) is 0 Å². The molecule has 0 aliphatic carbocycles. The van der Waals surface area contributed by atoms with Gasteiger partial charge in [-0.2, -0.15) is 0 Å². The van der Waals surface area contributed by atoms with Crippen LogP contribution in [0.1, 0.15) is 5.56 Å². The third-order valence-corrected chi connectivity index (χ3v) is 3.27. The minimum absolute atomic E-state index is 0.810. The van der Waals surface area contributed by atoms with Gasteiger partial charge in [-0.15, -0.1) is 0 Å². The first-order valence-corrected chi connectivity index (χ1v) is 6.94. The molecule has 0 radical (unpaired) electrons. The summed E-state index contributed by atoms with van der Waals surface area (Å²) in [4.78, 5) is 8.75. The number of rotatable bonds is 3. The fraction of sp³-hybridized carbons (Fsp3) is 0.353. The van der Waals surface area contributed by atoms with Crippen molar-refractivity contribution in [2.24, 2.45) is 4.99 Å². The van der Waals surface area contributed by atoms with E-state index in [1.165, 1.54) is 16.3 Å². The highest BCUT2D eigenvalue weighted by molar-refractivity contribution is 5.83. The Bertz CT molecular complexity index is 590. The van der Waals surface area contributed by atoms with Crippen LogP contribution in [0.5, 0.6) is 0 Å². The number of benzene rings is 2. The molecule has 2 aromatic carbocycles. The van der Waals surface area contributed by atoms with Crippen molar-refractivity contribution in [1.82, 2.24) is 9.80 Å². The van der Waals surface area contributed by atoms with Crippen LogP contribution in [0.4, 0.5) is 0 Å². The molecule has 2 aromatic rings. The van der Waals surface area contributed by atoms with Crippen molar-refractivity contribution < 1.29 is 0 Å².